The number of H-pyrrole nitrogens is 1. The summed E-state index contributed by atoms with van der Waals surface area (Å²) in [7, 11) is 0. The minimum Gasteiger partial charge on any atom is -0.486 e. The monoisotopic (exact) mass is 407 g/mol. The van der Waals surface area contributed by atoms with E-state index >= 15 is 0 Å². The van der Waals surface area contributed by atoms with Gasteiger partial charge in [-0.05, 0) is 47.5 Å². The highest BCUT2D eigenvalue weighted by Gasteiger charge is 2.14. The summed E-state index contributed by atoms with van der Waals surface area (Å²) in [6, 6.07) is 14.2. The molecule has 0 saturated heterocycles. The normalized spacial score (nSPS) is 12.3. The van der Waals surface area contributed by atoms with Gasteiger partial charge in [-0.25, -0.2) is 0 Å². The highest BCUT2D eigenvalue weighted by Crippen LogP contribution is 2.30. The van der Waals surface area contributed by atoms with Crippen molar-refractivity contribution in [1.29, 1.82) is 0 Å². The Kier molecular flexibility index (Phi) is 5.17. The SMILES string of the molecule is O=C(NCc1ccc2c(c1)OCCO2)c1ccc(-c2ccc([N+](=O)[O-])cc2)[nH]c1=O. The van der Waals surface area contributed by atoms with E-state index in [9.17, 15) is 19.7 Å². The number of nitrogens with zero attached hydrogens (tertiary/aromatic N) is 1. The van der Waals surface area contributed by atoms with Crippen LogP contribution in [0.15, 0.2) is 59.4 Å². The number of non-ortho nitro benzene ring substituents is 1. The van der Waals surface area contributed by atoms with Gasteiger partial charge in [0.2, 0.25) is 0 Å². The van der Waals surface area contributed by atoms with Gasteiger partial charge in [0.15, 0.2) is 11.5 Å². The molecule has 0 radical (unpaired) electrons. The van der Waals surface area contributed by atoms with Gasteiger partial charge in [0.1, 0.15) is 18.8 Å². The number of carbonyl (C=O) groups excluding carboxylic acids is 1. The number of amides is 1. The zero-order valence-electron chi connectivity index (χ0n) is 15.7. The Labute approximate surface area is 170 Å². The van der Waals surface area contributed by atoms with Gasteiger partial charge in [-0.1, -0.05) is 6.07 Å². The number of ether oxygens (including phenoxy) is 2. The molecular formula is C21H17N3O6. The van der Waals surface area contributed by atoms with Crippen molar-refractivity contribution in [2.75, 3.05) is 13.2 Å². The molecule has 0 aliphatic carbocycles. The minimum absolute atomic E-state index is 0.0294. The van der Waals surface area contributed by atoms with Gasteiger partial charge in [0.05, 0.1) is 4.92 Å². The minimum atomic E-state index is -0.550. The lowest BCUT2D eigenvalue weighted by atomic mass is 10.1. The number of nitrogens with one attached hydrogen (secondary N) is 2. The summed E-state index contributed by atoms with van der Waals surface area (Å²) >= 11 is 0. The van der Waals surface area contributed by atoms with Crippen LogP contribution in [0.3, 0.4) is 0 Å². The zero-order chi connectivity index (χ0) is 21.1. The van der Waals surface area contributed by atoms with Gasteiger partial charge in [0.25, 0.3) is 17.2 Å². The number of rotatable bonds is 5. The lowest BCUT2D eigenvalue weighted by Crippen LogP contribution is -2.29. The van der Waals surface area contributed by atoms with Crippen LogP contribution in [0.5, 0.6) is 11.5 Å². The topological polar surface area (TPSA) is 124 Å². The maximum Gasteiger partial charge on any atom is 0.269 e. The molecule has 0 unspecified atom stereocenters. The average Bonchev–Trinajstić information content (AvgIpc) is 2.77. The second-order valence-electron chi connectivity index (χ2n) is 6.58. The number of benzene rings is 2. The molecule has 0 spiro atoms. The fraction of sp³-hybridized carbons (Fsp3) is 0.143. The molecule has 4 rings (SSSR count). The predicted molar refractivity (Wildman–Crippen MR) is 108 cm³/mol. The first kappa shape index (κ1) is 19.2. The van der Waals surface area contributed by atoms with Crippen LogP contribution >= 0.6 is 0 Å². The van der Waals surface area contributed by atoms with Crippen molar-refractivity contribution in [2.24, 2.45) is 0 Å². The second-order valence-corrected chi connectivity index (χ2v) is 6.58. The highest BCUT2D eigenvalue weighted by atomic mass is 16.6. The van der Waals surface area contributed by atoms with Gasteiger partial charge in [-0.15, -0.1) is 0 Å². The van der Waals surface area contributed by atoms with Gasteiger partial charge < -0.3 is 19.8 Å². The summed E-state index contributed by atoms with van der Waals surface area (Å²) in [6.45, 7) is 1.19. The van der Waals surface area contributed by atoms with E-state index in [-0.39, 0.29) is 17.8 Å². The van der Waals surface area contributed by atoms with E-state index in [1.807, 2.05) is 6.07 Å². The first-order valence-corrected chi connectivity index (χ1v) is 9.16. The van der Waals surface area contributed by atoms with E-state index in [4.69, 9.17) is 9.47 Å². The lowest BCUT2D eigenvalue weighted by Gasteiger charge is -2.18. The first-order valence-electron chi connectivity index (χ1n) is 9.16. The van der Waals surface area contributed by atoms with Crippen LogP contribution in [0.2, 0.25) is 0 Å². The van der Waals surface area contributed by atoms with Crippen LogP contribution in [0, 0.1) is 10.1 Å². The molecule has 0 fully saturated rings. The predicted octanol–water partition coefficient (Wildman–Crippen LogP) is 2.65. The van der Waals surface area contributed by atoms with Crippen molar-refractivity contribution >= 4 is 11.6 Å². The summed E-state index contributed by atoms with van der Waals surface area (Å²) in [5.74, 6) is 0.772. The molecule has 1 aromatic heterocycles. The van der Waals surface area contributed by atoms with Crippen molar-refractivity contribution < 1.29 is 19.2 Å². The number of aromatic amines is 1. The molecule has 9 heteroatoms. The fourth-order valence-electron chi connectivity index (χ4n) is 3.06. The maximum absolute atomic E-state index is 12.4. The molecule has 30 heavy (non-hydrogen) atoms. The molecule has 152 valence electrons. The standard InChI is InChI=1S/C21H17N3O6/c25-20(22-12-13-1-8-18-19(11-13)30-10-9-29-18)16-6-7-17(23-21(16)26)14-2-4-15(5-3-14)24(27)28/h1-8,11H,9-10,12H2,(H,22,25)(H,23,26). The summed E-state index contributed by atoms with van der Waals surface area (Å²) < 4.78 is 11.0. The molecule has 2 aromatic carbocycles. The van der Waals surface area contributed by atoms with E-state index in [0.29, 0.717) is 36.0 Å². The Morgan fingerprint density at radius 1 is 1.03 bits per heavy atom. The molecular weight excluding hydrogens is 390 g/mol. The van der Waals surface area contributed by atoms with Crippen molar-refractivity contribution in [3.05, 3.63) is 86.2 Å². The Hall–Kier alpha value is -4.14. The molecule has 9 nitrogen and oxygen atoms in total. The third-order valence-corrected chi connectivity index (χ3v) is 4.60. The van der Waals surface area contributed by atoms with E-state index in [1.165, 1.54) is 30.3 Å². The average molecular weight is 407 g/mol. The number of nitro benzene ring substituents is 1. The molecule has 1 aliphatic rings. The second kappa shape index (κ2) is 8.08. The quantitative estimate of drug-likeness (QED) is 0.495. The number of pyridine rings is 1. The highest BCUT2D eigenvalue weighted by molar-refractivity contribution is 5.94. The van der Waals surface area contributed by atoms with Crippen molar-refractivity contribution in [2.45, 2.75) is 6.54 Å². The summed E-state index contributed by atoms with van der Waals surface area (Å²) in [4.78, 5) is 37.7. The Morgan fingerprint density at radius 3 is 2.47 bits per heavy atom. The first-order chi connectivity index (χ1) is 14.5. The third kappa shape index (κ3) is 4.00. The Morgan fingerprint density at radius 2 is 1.77 bits per heavy atom. The van der Waals surface area contributed by atoms with E-state index in [1.54, 1.807) is 18.2 Å². The van der Waals surface area contributed by atoms with Gasteiger partial charge in [-0.2, -0.15) is 0 Å². The van der Waals surface area contributed by atoms with Crippen molar-refractivity contribution in [1.82, 2.24) is 10.3 Å². The fourth-order valence-corrected chi connectivity index (χ4v) is 3.06. The Bertz CT molecular complexity index is 1170. The summed E-state index contributed by atoms with van der Waals surface area (Å²) in [6.07, 6.45) is 0. The van der Waals surface area contributed by atoms with Crippen molar-refractivity contribution in [3.63, 3.8) is 0 Å². The molecule has 0 saturated carbocycles. The van der Waals surface area contributed by atoms with Crippen LogP contribution in [-0.2, 0) is 6.54 Å². The molecule has 2 N–H and O–H groups in total. The van der Waals surface area contributed by atoms with E-state index in [0.717, 1.165) is 5.56 Å². The molecule has 3 aromatic rings. The molecule has 0 bridgehead atoms. The summed E-state index contributed by atoms with van der Waals surface area (Å²) in [5, 5.41) is 13.5. The zero-order valence-corrected chi connectivity index (χ0v) is 15.7. The van der Waals surface area contributed by atoms with E-state index in [2.05, 4.69) is 10.3 Å². The van der Waals surface area contributed by atoms with Crippen LogP contribution in [0.25, 0.3) is 11.3 Å². The third-order valence-electron chi connectivity index (χ3n) is 4.60. The number of nitro groups is 1. The van der Waals surface area contributed by atoms with Gasteiger partial charge in [-0.3, -0.25) is 19.7 Å². The number of hydrogen-bond acceptors (Lipinski definition) is 6. The Balaban J connectivity index is 1.45. The molecule has 1 aliphatic heterocycles. The van der Waals surface area contributed by atoms with Gasteiger partial charge >= 0.3 is 0 Å². The largest absolute Gasteiger partial charge is 0.486 e. The smallest absolute Gasteiger partial charge is 0.269 e. The number of fused-ring (bicyclic) bond motifs is 1. The summed E-state index contributed by atoms with van der Waals surface area (Å²) in [5.41, 5.74) is 1.24. The molecule has 2 heterocycles. The molecule has 0 atom stereocenters. The number of aromatic nitrogens is 1. The van der Waals surface area contributed by atoms with Crippen molar-refractivity contribution in [3.8, 4) is 22.8 Å². The van der Waals surface area contributed by atoms with Crippen LogP contribution in [0.4, 0.5) is 5.69 Å². The molecule has 1 amide bonds. The maximum atomic E-state index is 12.4. The van der Waals surface area contributed by atoms with Gasteiger partial charge in [0, 0.05) is 24.4 Å². The van der Waals surface area contributed by atoms with E-state index < -0.39 is 16.4 Å². The lowest BCUT2D eigenvalue weighted by molar-refractivity contribution is -0.384. The van der Waals surface area contributed by atoms with Crippen LogP contribution in [0.1, 0.15) is 15.9 Å². The number of hydrogen-bond donors (Lipinski definition) is 2. The number of carbonyl (C=O) groups is 1. The van der Waals surface area contributed by atoms with Crippen LogP contribution in [-0.4, -0.2) is 29.0 Å². The van der Waals surface area contributed by atoms with Crippen LogP contribution < -0.4 is 20.3 Å².